The highest BCUT2D eigenvalue weighted by Crippen LogP contribution is 2.23. The van der Waals surface area contributed by atoms with Gasteiger partial charge in [-0.1, -0.05) is 0 Å². The maximum absolute atomic E-state index is 12.5. The van der Waals surface area contributed by atoms with Gasteiger partial charge in [0, 0.05) is 32.2 Å². The van der Waals surface area contributed by atoms with E-state index in [4.69, 9.17) is 4.42 Å². The third-order valence-corrected chi connectivity index (χ3v) is 4.69. The van der Waals surface area contributed by atoms with Crippen molar-refractivity contribution < 1.29 is 14.0 Å². The van der Waals surface area contributed by atoms with Crippen molar-refractivity contribution in [3.8, 4) is 0 Å². The summed E-state index contributed by atoms with van der Waals surface area (Å²) in [5.74, 6) is 0.348. The van der Waals surface area contributed by atoms with Crippen LogP contribution in [-0.4, -0.2) is 60.4 Å². The van der Waals surface area contributed by atoms with E-state index in [0.29, 0.717) is 29.9 Å². The lowest BCUT2D eigenvalue weighted by molar-refractivity contribution is -0.135. The van der Waals surface area contributed by atoms with E-state index in [1.807, 2.05) is 4.90 Å². The standard InChI is InChI=1S/C14H18BrN3O3.ClH/c15-11-3-7-21-13(11)14(20)17-5-1-2-10(9-17)18-6-4-16-8-12(18)19;/h3,7,10,16H,1-2,4-6,8-9H2;1H. The third kappa shape index (κ3) is 3.47. The predicted octanol–water partition coefficient (Wildman–Crippen LogP) is 1.50. The first-order chi connectivity index (χ1) is 10.2. The Morgan fingerprint density at radius 3 is 2.91 bits per heavy atom. The molecule has 0 saturated carbocycles. The van der Waals surface area contributed by atoms with Gasteiger partial charge in [0.2, 0.25) is 11.7 Å². The molecule has 1 unspecified atom stereocenters. The number of likely N-dealkylation sites (tertiary alicyclic amines) is 1. The SMILES string of the molecule is Cl.O=C(c1occc1Br)N1CCCC(N2CCNCC2=O)C1. The predicted molar refractivity (Wildman–Crippen MR) is 87.2 cm³/mol. The van der Waals surface area contributed by atoms with Gasteiger partial charge < -0.3 is 19.5 Å². The quantitative estimate of drug-likeness (QED) is 0.828. The van der Waals surface area contributed by atoms with Crippen LogP contribution in [0.5, 0.6) is 0 Å². The molecule has 2 aliphatic heterocycles. The summed E-state index contributed by atoms with van der Waals surface area (Å²) in [6.07, 6.45) is 3.36. The van der Waals surface area contributed by atoms with Gasteiger partial charge in [0.25, 0.3) is 5.91 Å². The normalized spacial score (nSPS) is 22.4. The van der Waals surface area contributed by atoms with Gasteiger partial charge >= 0.3 is 0 Å². The van der Waals surface area contributed by atoms with Crippen molar-refractivity contribution in [1.82, 2.24) is 15.1 Å². The van der Waals surface area contributed by atoms with E-state index < -0.39 is 0 Å². The molecule has 22 heavy (non-hydrogen) atoms. The van der Waals surface area contributed by atoms with Crippen LogP contribution in [0.4, 0.5) is 0 Å². The molecule has 6 nitrogen and oxygen atoms in total. The molecule has 0 aliphatic carbocycles. The molecule has 2 fully saturated rings. The molecule has 0 aromatic carbocycles. The second-order valence-electron chi connectivity index (χ2n) is 5.41. The van der Waals surface area contributed by atoms with Crippen LogP contribution >= 0.6 is 28.3 Å². The first kappa shape index (κ1) is 17.3. The number of nitrogens with zero attached hydrogens (tertiary/aromatic N) is 2. The molecule has 2 amide bonds. The number of amides is 2. The number of nitrogens with one attached hydrogen (secondary N) is 1. The lowest BCUT2D eigenvalue weighted by Crippen LogP contribution is -2.57. The average Bonchev–Trinajstić information content (AvgIpc) is 2.93. The number of piperidine rings is 1. The van der Waals surface area contributed by atoms with Gasteiger partial charge in [-0.25, -0.2) is 0 Å². The van der Waals surface area contributed by atoms with Crippen molar-refractivity contribution in [3.05, 3.63) is 22.6 Å². The monoisotopic (exact) mass is 391 g/mol. The zero-order chi connectivity index (χ0) is 14.8. The number of rotatable bonds is 2. The highest BCUT2D eigenvalue weighted by Gasteiger charge is 2.33. The van der Waals surface area contributed by atoms with Crippen LogP contribution in [0.3, 0.4) is 0 Å². The molecule has 0 spiro atoms. The minimum absolute atomic E-state index is 0. The van der Waals surface area contributed by atoms with Gasteiger partial charge in [-0.15, -0.1) is 12.4 Å². The molecule has 2 saturated heterocycles. The Labute approximate surface area is 143 Å². The molecule has 1 aromatic rings. The van der Waals surface area contributed by atoms with Gasteiger partial charge in [-0.05, 0) is 34.8 Å². The molecule has 122 valence electrons. The number of hydrogen-bond acceptors (Lipinski definition) is 4. The minimum atomic E-state index is -0.112. The molecule has 0 bridgehead atoms. The molecule has 3 rings (SSSR count). The Hall–Kier alpha value is -1.05. The van der Waals surface area contributed by atoms with Gasteiger partial charge in [-0.2, -0.15) is 0 Å². The van der Waals surface area contributed by atoms with Crippen molar-refractivity contribution in [2.45, 2.75) is 18.9 Å². The maximum atomic E-state index is 12.5. The highest BCUT2D eigenvalue weighted by molar-refractivity contribution is 9.10. The number of piperazine rings is 1. The van der Waals surface area contributed by atoms with Gasteiger partial charge in [0.05, 0.1) is 17.3 Å². The second-order valence-corrected chi connectivity index (χ2v) is 6.26. The van der Waals surface area contributed by atoms with E-state index in [1.54, 1.807) is 11.0 Å². The average molecular weight is 393 g/mol. The first-order valence-corrected chi connectivity index (χ1v) is 7.98. The van der Waals surface area contributed by atoms with E-state index in [1.165, 1.54) is 6.26 Å². The Kier molecular flexibility index (Phi) is 5.88. The zero-order valence-electron chi connectivity index (χ0n) is 12.1. The van der Waals surface area contributed by atoms with Crippen LogP contribution in [0, 0.1) is 0 Å². The summed E-state index contributed by atoms with van der Waals surface area (Å²) in [6, 6.07) is 1.83. The van der Waals surface area contributed by atoms with E-state index in [2.05, 4.69) is 21.2 Å². The molecule has 0 radical (unpaired) electrons. The summed E-state index contributed by atoms with van der Waals surface area (Å²) in [7, 11) is 0. The first-order valence-electron chi connectivity index (χ1n) is 7.19. The van der Waals surface area contributed by atoms with E-state index in [0.717, 1.165) is 25.9 Å². The fourth-order valence-corrected chi connectivity index (χ4v) is 3.36. The molecule has 8 heteroatoms. The number of carbonyl (C=O) groups is 2. The van der Waals surface area contributed by atoms with E-state index >= 15 is 0 Å². The van der Waals surface area contributed by atoms with Crippen LogP contribution in [0.15, 0.2) is 21.2 Å². The fourth-order valence-electron chi connectivity index (χ4n) is 2.99. The number of furan rings is 1. The van der Waals surface area contributed by atoms with Crippen molar-refractivity contribution in [2.75, 3.05) is 32.7 Å². The molecule has 1 atom stereocenters. The van der Waals surface area contributed by atoms with Crippen molar-refractivity contribution in [2.24, 2.45) is 0 Å². The van der Waals surface area contributed by atoms with E-state index in [9.17, 15) is 9.59 Å². The van der Waals surface area contributed by atoms with E-state index in [-0.39, 0.29) is 30.3 Å². The Balaban J connectivity index is 0.00000176. The van der Waals surface area contributed by atoms with Gasteiger partial charge in [0.1, 0.15) is 0 Å². The van der Waals surface area contributed by atoms with Crippen LogP contribution < -0.4 is 5.32 Å². The van der Waals surface area contributed by atoms with Crippen molar-refractivity contribution >= 4 is 40.2 Å². The molecule has 2 aliphatic rings. The summed E-state index contributed by atoms with van der Waals surface area (Å²) in [5, 5.41) is 3.07. The smallest absolute Gasteiger partial charge is 0.290 e. The summed E-state index contributed by atoms with van der Waals surface area (Å²) in [6.45, 7) is 3.23. The van der Waals surface area contributed by atoms with Crippen molar-refractivity contribution in [3.63, 3.8) is 0 Å². The number of hydrogen-bond donors (Lipinski definition) is 1. The van der Waals surface area contributed by atoms with Gasteiger partial charge in [-0.3, -0.25) is 9.59 Å². The Bertz CT molecular complexity index is 551. The molecular formula is C14H19BrClN3O3. The summed E-state index contributed by atoms with van der Waals surface area (Å²) in [4.78, 5) is 28.2. The minimum Gasteiger partial charge on any atom is -0.458 e. The molecular weight excluding hydrogens is 374 g/mol. The zero-order valence-corrected chi connectivity index (χ0v) is 14.5. The summed E-state index contributed by atoms with van der Waals surface area (Å²) >= 11 is 3.32. The topological polar surface area (TPSA) is 65.8 Å². The Morgan fingerprint density at radius 1 is 1.41 bits per heavy atom. The largest absolute Gasteiger partial charge is 0.458 e. The number of halogens is 2. The third-order valence-electron chi connectivity index (χ3n) is 4.06. The number of carbonyl (C=O) groups excluding carboxylic acids is 2. The molecule has 1 aromatic heterocycles. The van der Waals surface area contributed by atoms with Crippen LogP contribution in [0.25, 0.3) is 0 Å². The summed E-state index contributed by atoms with van der Waals surface area (Å²) < 4.78 is 5.93. The van der Waals surface area contributed by atoms with Crippen LogP contribution in [0.2, 0.25) is 0 Å². The van der Waals surface area contributed by atoms with Crippen molar-refractivity contribution in [1.29, 1.82) is 0 Å². The second kappa shape index (κ2) is 7.48. The highest BCUT2D eigenvalue weighted by atomic mass is 79.9. The molecule has 1 N–H and O–H groups in total. The fraction of sp³-hybridized carbons (Fsp3) is 0.571. The lowest BCUT2D eigenvalue weighted by atomic mass is 10.0. The lowest BCUT2D eigenvalue weighted by Gasteiger charge is -2.40. The molecule has 3 heterocycles. The van der Waals surface area contributed by atoms with Crippen LogP contribution in [0.1, 0.15) is 23.4 Å². The maximum Gasteiger partial charge on any atom is 0.290 e. The Morgan fingerprint density at radius 2 is 2.23 bits per heavy atom. The van der Waals surface area contributed by atoms with Gasteiger partial charge in [0.15, 0.2) is 0 Å². The summed E-state index contributed by atoms with van der Waals surface area (Å²) in [5.41, 5.74) is 0. The van der Waals surface area contributed by atoms with Crippen LogP contribution in [-0.2, 0) is 4.79 Å².